The van der Waals surface area contributed by atoms with Crippen LogP contribution in [0.15, 0.2) is 48.6 Å². The summed E-state index contributed by atoms with van der Waals surface area (Å²) in [5, 5.41) is 7.33. The number of rotatable bonds is 22. The topological polar surface area (TPSA) is 144 Å². The van der Waals surface area contributed by atoms with Gasteiger partial charge in [0.15, 0.2) is 17.3 Å². The molecule has 2 aliphatic rings. The number of unbranched alkanes of at least 4 members (excludes halogenated alkanes) is 3. The smallest absolute Gasteiger partial charge is 0.409 e. The second kappa shape index (κ2) is 24.2. The van der Waals surface area contributed by atoms with Crippen molar-refractivity contribution in [2.75, 3.05) is 32.8 Å². The van der Waals surface area contributed by atoms with Gasteiger partial charge >= 0.3 is 12.1 Å². The number of esters is 1. The summed E-state index contributed by atoms with van der Waals surface area (Å²) in [6.45, 7) is 38.2. The molecule has 2 saturated heterocycles. The van der Waals surface area contributed by atoms with Gasteiger partial charge in [0.1, 0.15) is 18.5 Å². The van der Waals surface area contributed by atoms with Gasteiger partial charge in [-0.15, -0.1) is 0 Å². The fourth-order valence-electron chi connectivity index (χ4n) is 10.1. The first-order valence-electron chi connectivity index (χ1n) is 26.1. The lowest BCUT2D eigenvalue weighted by Crippen LogP contribution is -2.63. The van der Waals surface area contributed by atoms with E-state index in [4.69, 9.17) is 14.2 Å². The van der Waals surface area contributed by atoms with Crippen molar-refractivity contribution in [3.63, 3.8) is 0 Å². The maximum absolute atomic E-state index is 14.3. The lowest BCUT2D eigenvalue weighted by molar-refractivity contribution is -0.135. The molecule has 0 aliphatic carbocycles. The van der Waals surface area contributed by atoms with Gasteiger partial charge in [0.2, 0.25) is 0 Å². The molecule has 0 bridgehead atoms. The number of hydrogen-bond donors (Lipinski definition) is 2. The van der Waals surface area contributed by atoms with Crippen LogP contribution < -0.4 is 15.4 Å². The van der Waals surface area contributed by atoms with Crippen molar-refractivity contribution < 1.29 is 38.2 Å². The first-order valence-corrected chi connectivity index (χ1v) is 26.1. The monoisotopic (exact) mass is 977 g/mol. The molecule has 2 fully saturated rings. The van der Waals surface area contributed by atoms with E-state index in [-0.39, 0.29) is 52.2 Å². The number of hydrogen-bond acceptors (Lipinski definition) is 11. The van der Waals surface area contributed by atoms with Gasteiger partial charge in [0.05, 0.1) is 29.3 Å². The summed E-state index contributed by atoms with van der Waals surface area (Å²) in [7, 11) is 0. The van der Waals surface area contributed by atoms with Gasteiger partial charge < -0.3 is 24.4 Å². The number of ether oxygens (including phenoxy) is 3. The van der Waals surface area contributed by atoms with Crippen molar-refractivity contribution in [3.8, 4) is 5.75 Å². The number of carbonyl (C=O) groups is 5. The van der Waals surface area contributed by atoms with Gasteiger partial charge in [-0.25, -0.2) is 9.59 Å². The van der Waals surface area contributed by atoms with Gasteiger partial charge in [0.25, 0.3) is 0 Å². The summed E-state index contributed by atoms with van der Waals surface area (Å²) in [4.78, 5) is 71.5. The lowest BCUT2D eigenvalue weighted by atomic mass is 9.72. The Morgan fingerprint density at radius 1 is 0.729 bits per heavy atom. The number of benzene rings is 1. The van der Waals surface area contributed by atoms with E-state index >= 15 is 0 Å². The van der Waals surface area contributed by atoms with Crippen molar-refractivity contribution >= 4 is 29.4 Å². The quantitative estimate of drug-likeness (QED) is 0.0651. The summed E-state index contributed by atoms with van der Waals surface area (Å²) in [5.74, 6) is 0.619. The van der Waals surface area contributed by atoms with Crippen LogP contribution >= 0.6 is 0 Å². The predicted molar refractivity (Wildman–Crippen MR) is 283 cm³/mol. The Balaban J connectivity index is 1.51. The van der Waals surface area contributed by atoms with E-state index in [2.05, 4.69) is 75.3 Å². The van der Waals surface area contributed by atoms with E-state index in [9.17, 15) is 24.0 Å². The molecule has 1 unspecified atom stereocenters. The highest BCUT2D eigenvalue weighted by Crippen LogP contribution is 2.36. The Hall–Kier alpha value is -3.87. The van der Waals surface area contributed by atoms with Crippen molar-refractivity contribution in [1.82, 2.24) is 20.4 Å². The molecule has 1 amide bonds. The Morgan fingerprint density at radius 3 is 1.84 bits per heavy atom. The zero-order valence-corrected chi connectivity index (χ0v) is 47.0. The number of carbonyl (C=O) groups excluding carboxylic acids is 5. The van der Waals surface area contributed by atoms with Crippen LogP contribution in [0.2, 0.25) is 0 Å². The van der Waals surface area contributed by atoms with E-state index in [1.54, 1.807) is 23.1 Å². The van der Waals surface area contributed by atoms with Gasteiger partial charge in [-0.2, -0.15) is 0 Å². The summed E-state index contributed by atoms with van der Waals surface area (Å²) in [6, 6.07) is 6.72. The largest absolute Gasteiger partial charge is 0.490 e. The summed E-state index contributed by atoms with van der Waals surface area (Å²) >= 11 is 0. The second-order valence-corrected chi connectivity index (χ2v) is 26.3. The van der Waals surface area contributed by atoms with Crippen LogP contribution in [0.3, 0.4) is 0 Å². The zero-order valence-electron chi connectivity index (χ0n) is 47.0. The van der Waals surface area contributed by atoms with Crippen LogP contribution in [0.25, 0.3) is 0 Å². The van der Waals surface area contributed by atoms with Gasteiger partial charge in [-0.1, -0.05) is 92.7 Å². The average molecular weight is 977 g/mol. The van der Waals surface area contributed by atoms with Crippen molar-refractivity contribution in [2.45, 2.75) is 229 Å². The number of nitrogens with zero attached hydrogens (tertiary/aromatic N) is 2. The van der Waals surface area contributed by atoms with Gasteiger partial charge in [-0.05, 0) is 138 Å². The number of Topliss-reactive ketones (excluding diaryl/α,β-unsaturated/α-hetero) is 3. The van der Waals surface area contributed by atoms with Crippen LogP contribution in [0.1, 0.15) is 199 Å². The van der Waals surface area contributed by atoms with Gasteiger partial charge in [-0.3, -0.25) is 24.6 Å². The fraction of sp³-hybridized carbons (Fsp3) is 0.741. The fourth-order valence-corrected chi connectivity index (χ4v) is 10.1. The molecule has 3 rings (SSSR count). The molecule has 0 radical (unpaired) electrons. The summed E-state index contributed by atoms with van der Waals surface area (Å²) < 4.78 is 17.7. The third-order valence-corrected chi connectivity index (χ3v) is 12.9. The van der Waals surface area contributed by atoms with Crippen molar-refractivity contribution in [1.29, 1.82) is 0 Å². The molecular weight excluding hydrogens is 881 g/mol. The molecule has 1 aromatic carbocycles. The minimum absolute atomic E-state index is 0.112. The Bertz CT molecular complexity index is 1980. The molecule has 2 heterocycles. The molecule has 2 N–H and O–H groups in total. The summed E-state index contributed by atoms with van der Waals surface area (Å²) in [6.07, 6.45) is 14.8. The molecule has 0 spiro atoms. The number of amides is 1. The van der Waals surface area contributed by atoms with E-state index in [0.717, 1.165) is 32.1 Å². The SMILES string of the molecule is CC(C)(C)NC(CCC/C=C/CCCOC(=O)N1CC[C@@](NC(C)(C)C)(C(=O)C(C)(C)C)C1)(CCC/C=C/COc1cccc(C(=O)O[C@H]2C[C@H](C(=O)C(C)(C)C)N(C(C)(C)C)C2)c1)C(=O)C(C)(C)C. The first-order chi connectivity index (χ1) is 32.0. The Kier molecular flexibility index (Phi) is 20.9. The van der Waals surface area contributed by atoms with E-state index in [1.807, 2.05) is 95.2 Å². The third kappa shape index (κ3) is 18.6. The maximum atomic E-state index is 14.3. The third-order valence-electron chi connectivity index (χ3n) is 12.9. The average Bonchev–Trinajstić information content (AvgIpc) is 3.85. The van der Waals surface area contributed by atoms with Crippen molar-refractivity contribution in [2.24, 2.45) is 16.2 Å². The first kappa shape index (κ1) is 60.4. The van der Waals surface area contributed by atoms with Crippen LogP contribution in [-0.2, 0) is 23.9 Å². The molecule has 70 heavy (non-hydrogen) atoms. The minimum atomic E-state index is -0.798. The van der Waals surface area contributed by atoms with Crippen LogP contribution in [0.5, 0.6) is 5.75 Å². The van der Waals surface area contributed by atoms with E-state index < -0.39 is 33.3 Å². The summed E-state index contributed by atoms with van der Waals surface area (Å²) in [5.41, 5.74) is -3.48. The Morgan fingerprint density at radius 2 is 1.31 bits per heavy atom. The molecule has 2 aliphatic heterocycles. The predicted octanol–water partition coefficient (Wildman–Crippen LogP) is 11.6. The van der Waals surface area contributed by atoms with E-state index in [0.29, 0.717) is 76.3 Å². The van der Waals surface area contributed by atoms with Crippen LogP contribution in [0, 0.1) is 16.2 Å². The molecule has 396 valence electrons. The Labute approximate surface area is 424 Å². The molecule has 0 saturated carbocycles. The van der Waals surface area contributed by atoms with Crippen LogP contribution in [0.4, 0.5) is 4.79 Å². The highest BCUT2D eigenvalue weighted by molar-refractivity contribution is 5.94. The zero-order chi connectivity index (χ0) is 53.1. The number of nitrogens with one attached hydrogen (secondary N) is 2. The molecule has 12 nitrogen and oxygen atoms in total. The maximum Gasteiger partial charge on any atom is 0.409 e. The highest BCUT2D eigenvalue weighted by atomic mass is 16.6. The molecule has 1 aromatic rings. The molecule has 12 heteroatoms. The number of ketones is 3. The van der Waals surface area contributed by atoms with E-state index in [1.165, 1.54) is 0 Å². The van der Waals surface area contributed by atoms with Crippen LogP contribution in [-0.4, -0.2) is 112 Å². The second-order valence-electron chi connectivity index (χ2n) is 26.3. The highest BCUT2D eigenvalue weighted by Gasteiger charge is 2.51. The number of allylic oxidation sites excluding steroid dienone is 3. The lowest BCUT2D eigenvalue weighted by Gasteiger charge is -2.43. The minimum Gasteiger partial charge on any atom is -0.490 e. The van der Waals surface area contributed by atoms with Gasteiger partial charge in [0, 0.05) is 58.9 Å². The molecular formula is C58H96N4O8. The standard InChI is InChI=1S/C58H96N4O8/c1-51(2,3)46(63)45-39-44(40-62(45)56(16,17)18)70-47(64)42-30-29-31-43(38-42)68-36-27-24-22-26-33-57(59-54(10,11)12,48(65)52(4,5)6)32-25-21-19-20-23-28-37-69-50(67)61-35-34-58(41-61,60-55(13,14)15)49(66)53(7,8)9/h19-20,24,27,29-31,38,44-45,59-60H,21-23,25-26,28,32-37,39-41H2,1-18H3/b20-19+,27-24+/t44-,45+,57?,58-/m0/s1. The molecule has 4 atom stereocenters. The normalized spacial score (nSPS) is 20.8. The van der Waals surface area contributed by atoms with Crippen molar-refractivity contribution in [3.05, 3.63) is 54.1 Å². The molecule has 0 aromatic heterocycles. The number of likely N-dealkylation sites (tertiary alicyclic amines) is 2.